The standard InChI is InChI=1S/C22H25NS2/c1-6-16-8-10-17(11-9-16)19(7-2)24-15(5)22-23-20(14(3)4)21(25-22)18-12-13-18/h7-11,18H,3,5-6,12-13H2,1-2,4H3/b19-7-. The van der Waals surface area contributed by atoms with Crippen molar-refractivity contribution >= 4 is 38.5 Å². The predicted octanol–water partition coefficient (Wildman–Crippen LogP) is 7.38. The fourth-order valence-electron chi connectivity index (χ4n) is 2.74. The first-order chi connectivity index (χ1) is 12.0. The molecule has 1 aromatic heterocycles. The Kier molecular flexibility index (Phi) is 5.65. The van der Waals surface area contributed by atoms with Gasteiger partial charge < -0.3 is 0 Å². The number of allylic oxidation sites excluding steroid dienone is 2. The van der Waals surface area contributed by atoms with Gasteiger partial charge in [-0.1, -0.05) is 62.2 Å². The van der Waals surface area contributed by atoms with Crippen molar-refractivity contribution in [1.29, 1.82) is 0 Å². The van der Waals surface area contributed by atoms with E-state index in [-0.39, 0.29) is 0 Å². The molecule has 0 radical (unpaired) electrons. The number of hydrogen-bond acceptors (Lipinski definition) is 3. The smallest absolute Gasteiger partial charge is 0.130 e. The Balaban J connectivity index is 1.80. The average Bonchev–Trinajstić information content (AvgIpc) is 3.37. The lowest BCUT2D eigenvalue weighted by Crippen LogP contribution is -1.86. The van der Waals surface area contributed by atoms with Crippen LogP contribution in [0.3, 0.4) is 0 Å². The molecule has 1 aliphatic rings. The van der Waals surface area contributed by atoms with Crippen molar-refractivity contribution in [1.82, 2.24) is 4.98 Å². The number of rotatable bonds is 7. The quantitative estimate of drug-likeness (QED) is 0.506. The molecule has 0 saturated heterocycles. The molecule has 25 heavy (non-hydrogen) atoms. The van der Waals surface area contributed by atoms with E-state index < -0.39 is 0 Å². The minimum atomic E-state index is 0.693. The number of aryl methyl sites for hydroxylation is 1. The largest absolute Gasteiger partial charge is 0.236 e. The highest BCUT2D eigenvalue weighted by molar-refractivity contribution is 8.16. The second-order valence-corrected chi connectivity index (χ2v) is 8.68. The van der Waals surface area contributed by atoms with Crippen molar-refractivity contribution < 1.29 is 0 Å². The second kappa shape index (κ2) is 7.76. The van der Waals surface area contributed by atoms with Crippen LogP contribution in [-0.2, 0) is 6.42 Å². The molecule has 1 heterocycles. The molecule has 1 aliphatic carbocycles. The lowest BCUT2D eigenvalue weighted by Gasteiger charge is -2.08. The Morgan fingerprint density at radius 1 is 1.28 bits per heavy atom. The summed E-state index contributed by atoms with van der Waals surface area (Å²) < 4.78 is 0. The number of nitrogens with zero attached hydrogens (tertiary/aromatic N) is 1. The zero-order valence-corrected chi connectivity index (χ0v) is 16.9. The Morgan fingerprint density at radius 2 is 1.96 bits per heavy atom. The number of hydrogen-bond donors (Lipinski definition) is 0. The number of thioether (sulfide) groups is 1. The molecular weight excluding hydrogens is 342 g/mol. The van der Waals surface area contributed by atoms with Gasteiger partial charge in [-0.05, 0) is 55.7 Å². The van der Waals surface area contributed by atoms with Crippen molar-refractivity contribution in [2.45, 2.75) is 46.0 Å². The van der Waals surface area contributed by atoms with Crippen molar-refractivity contribution in [3.63, 3.8) is 0 Å². The van der Waals surface area contributed by atoms with Crippen molar-refractivity contribution in [3.05, 3.63) is 70.2 Å². The summed E-state index contributed by atoms with van der Waals surface area (Å²) in [5, 5.41) is 1.04. The highest BCUT2D eigenvalue weighted by atomic mass is 32.2. The predicted molar refractivity (Wildman–Crippen MR) is 115 cm³/mol. The van der Waals surface area contributed by atoms with Gasteiger partial charge in [0.25, 0.3) is 0 Å². The summed E-state index contributed by atoms with van der Waals surface area (Å²) in [7, 11) is 0. The van der Waals surface area contributed by atoms with Gasteiger partial charge in [0.2, 0.25) is 0 Å². The van der Waals surface area contributed by atoms with Crippen LogP contribution in [0.1, 0.15) is 66.2 Å². The lowest BCUT2D eigenvalue weighted by atomic mass is 10.1. The maximum Gasteiger partial charge on any atom is 0.130 e. The van der Waals surface area contributed by atoms with E-state index in [1.807, 2.05) is 6.92 Å². The van der Waals surface area contributed by atoms with E-state index >= 15 is 0 Å². The number of aromatic nitrogens is 1. The second-order valence-electron chi connectivity index (χ2n) is 6.52. The van der Waals surface area contributed by atoms with Crippen LogP contribution in [0, 0.1) is 0 Å². The summed E-state index contributed by atoms with van der Waals surface area (Å²) in [4.78, 5) is 8.50. The number of benzene rings is 1. The van der Waals surface area contributed by atoms with Crippen LogP contribution in [0.5, 0.6) is 0 Å². The highest BCUT2D eigenvalue weighted by Crippen LogP contribution is 2.48. The molecule has 1 aromatic carbocycles. The normalized spacial score (nSPS) is 14.6. The average molecular weight is 368 g/mol. The molecule has 1 nitrogen and oxygen atoms in total. The molecule has 0 atom stereocenters. The molecule has 0 N–H and O–H groups in total. The summed E-state index contributed by atoms with van der Waals surface area (Å²) in [6.45, 7) is 14.7. The van der Waals surface area contributed by atoms with E-state index in [9.17, 15) is 0 Å². The van der Waals surface area contributed by atoms with Crippen LogP contribution in [0.15, 0.2) is 43.5 Å². The van der Waals surface area contributed by atoms with Gasteiger partial charge in [-0.3, -0.25) is 0 Å². The molecule has 0 amide bonds. The molecule has 3 heteroatoms. The van der Waals surface area contributed by atoms with Crippen LogP contribution in [0.2, 0.25) is 0 Å². The third-order valence-electron chi connectivity index (χ3n) is 4.39. The van der Waals surface area contributed by atoms with Crippen LogP contribution < -0.4 is 0 Å². The Bertz CT molecular complexity index is 820. The molecule has 0 bridgehead atoms. The van der Waals surface area contributed by atoms with Crippen LogP contribution in [0.25, 0.3) is 15.4 Å². The van der Waals surface area contributed by atoms with Crippen LogP contribution in [0.4, 0.5) is 0 Å². The van der Waals surface area contributed by atoms with Crippen molar-refractivity contribution in [3.8, 4) is 0 Å². The van der Waals surface area contributed by atoms with Gasteiger partial charge in [-0.15, -0.1) is 11.3 Å². The first kappa shape index (κ1) is 18.2. The van der Waals surface area contributed by atoms with Crippen LogP contribution in [-0.4, -0.2) is 4.98 Å². The topological polar surface area (TPSA) is 12.9 Å². The van der Waals surface area contributed by atoms with E-state index in [0.29, 0.717) is 5.92 Å². The van der Waals surface area contributed by atoms with E-state index in [4.69, 9.17) is 4.98 Å². The lowest BCUT2D eigenvalue weighted by molar-refractivity contribution is 1.14. The Morgan fingerprint density at radius 3 is 2.48 bits per heavy atom. The molecule has 2 aromatic rings. The molecule has 1 fully saturated rings. The van der Waals surface area contributed by atoms with Crippen molar-refractivity contribution in [2.24, 2.45) is 0 Å². The SMILES string of the molecule is C=C(S/C(=C\C)c1ccc(CC)cc1)c1nc(C(=C)C)c(C2CC2)s1. The van der Waals surface area contributed by atoms with E-state index in [1.54, 1.807) is 23.1 Å². The Hall–Kier alpha value is -1.58. The third kappa shape index (κ3) is 4.16. The molecule has 0 spiro atoms. The highest BCUT2D eigenvalue weighted by Gasteiger charge is 2.30. The van der Waals surface area contributed by atoms with Gasteiger partial charge in [0.1, 0.15) is 5.01 Å². The molecule has 0 unspecified atom stereocenters. The zero-order chi connectivity index (χ0) is 18.0. The fraction of sp³-hybridized carbons (Fsp3) is 0.318. The zero-order valence-electron chi connectivity index (χ0n) is 15.3. The third-order valence-corrected chi connectivity index (χ3v) is 6.92. The molecule has 1 saturated carbocycles. The van der Waals surface area contributed by atoms with Gasteiger partial charge in [-0.2, -0.15) is 0 Å². The maximum absolute atomic E-state index is 4.85. The molecule has 130 valence electrons. The number of thiazole rings is 1. The summed E-state index contributed by atoms with van der Waals surface area (Å²) in [5.74, 6) is 0.693. The summed E-state index contributed by atoms with van der Waals surface area (Å²) in [6.07, 6.45) is 5.79. The summed E-state index contributed by atoms with van der Waals surface area (Å²) >= 11 is 3.52. The van der Waals surface area contributed by atoms with Gasteiger partial charge in [0, 0.05) is 14.7 Å². The van der Waals surface area contributed by atoms with E-state index in [0.717, 1.165) is 27.6 Å². The van der Waals surface area contributed by atoms with Gasteiger partial charge >= 0.3 is 0 Å². The monoisotopic (exact) mass is 367 g/mol. The van der Waals surface area contributed by atoms with E-state index in [2.05, 4.69) is 57.3 Å². The first-order valence-corrected chi connectivity index (χ1v) is 10.5. The van der Waals surface area contributed by atoms with E-state index in [1.165, 1.54) is 33.8 Å². The first-order valence-electron chi connectivity index (χ1n) is 8.82. The van der Waals surface area contributed by atoms with Gasteiger partial charge in [-0.25, -0.2) is 4.98 Å². The molecule has 0 aliphatic heterocycles. The van der Waals surface area contributed by atoms with Gasteiger partial charge in [0.05, 0.1) is 5.69 Å². The molecule has 3 rings (SSSR count). The molecular formula is C22H25NS2. The van der Waals surface area contributed by atoms with Gasteiger partial charge in [0.15, 0.2) is 0 Å². The minimum Gasteiger partial charge on any atom is -0.236 e. The summed E-state index contributed by atoms with van der Waals surface area (Å²) in [6, 6.07) is 8.81. The Labute approximate surface area is 159 Å². The van der Waals surface area contributed by atoms with Crippen molar-refractivity contribution in [2.75, 3.05) is 0 Å². The maximum atomic E-state index is 4.85. The fourth-order valence-corrected chi connectivity index (χ4v) is 4.94. The minimum absolute atomic E-state index is 0.693. The summed E-state index contributed by atoms with van der Waals surface area (Å²) in [5.41, 5.74) is 4.76. The van der Waals surface area contributed by atoms with Crippen LogP contribution >= 0.6 is 23.1 Å².